The predicted molar refractivity (Wildman–Crippen MR) is 437 cm³/mol. The van der Waals surface area contributed by atoms with Crippen molar-refractivity contribution in [1.29, 1.82) is 0 Å². The quantitative estimate of drug-likeness (QED) is 0.0222. The van der Waals surface area contributed by atoms with E-state index in [9.17, 15) is 43.2 Å². The number of hydrogen-bond acceptors (Lipinski definition) is 15. The summed E-state index contributed by atoms with van der Waals surface area (Å²) in [7, 11) is -9.93. The highest BCUT2D eigenvalue weighted by molar-refractivity contribution is 7.47. The van der Waals surface area contributed by atoms with Gasteiger partial charge in [0.05, 0.1) is 26.4 Å². The van der Waals surface area contributed by atoms with E-state index in [-0.39, 0.29) is 25.7 Å². The summed E-state index contributed by atoms with van der Waals surface area (Å²) in [5.41, 5.74) is 0. The lowest BCUT2D eigenvalue weighted by atomic mass is 10.0. The van der Waals surface area contributed by atoms with Gasteiger partial charge in [0.2, 0.25) is 0 Å². The molecule has 0 heterocycles. The number of esters is 4. The van der Waals surface area contributed by atoms with Crippen LogP contribution in [0.1, 0.15) is 465 Å². The van der Waals surface area contributed by atoms with Crippen LogP contribution in [0.3, 0.4) is 0 Å². The SMILES string of the molecule is CCCCCCCCCCCCCCCCCCCCCCCC(=O)O[C@H](COC(=O)CCCCCCCCCCCCCCCCCC(C)C)COP(=O)(O)OC[C@@H](O)COP(=O)(O)OC[C@@H](COC(=O)CCCCCCCCCC(C)C)OC(=O)CCCCCCCCCCCCCCCCCCC. The number of ether oxygens (including phenoxy) is 4. The van der Waals surface area contributed by atoms with Gasteiger partial charge in [0.25, 0.3) is 0 Å². The molecule has 0 rings (SSSR count). The number of hydrogen-bond donors (Lipinski definition) is 3. The van der Waals surface area contributed by atoms with Gasteiger partial charge in [-0.2, -0.15) is 0 Å². The Morgan fingerprint density at radius 3 is 0.642 bits per heavy atom. The molecular formula is C87H170O17P2. The lowest BCUT2D eigenvalue weighted by Gasteiger charge is -2.21. The first kappa shape index (κ1) is 104. The van der Waals surface area contributed by atoms with Crippen LogP contribution in [0.2, 0.25) is 0 Å². The van der Waals surface area contributed by atoms with Crippen LogP contribution in [0.5, 0.6) is 0 Å². The van der Waals surface area contributed by atoms with Gasteiger partial charge in [0, 0.05) is 25.7 Å². The van der Waals surface area contributed by atoms with Crippen LogP contribution in [-0.4, -0.2) is 96.7 Å². The molecule has 0 aromatic carbocycles. The second kappa shape index (κ2) is 78.3. The second-order valence-electron chi connectivity index (χ2n) is 32.2. The fourth-order valence-electron chi connectivity index (χ4n) is 13.6. The van der Waals surface area contributed by atoms with Gasteiger partial charge in [-0.3, -0.25) is 37.3 Å². The monoisotopic (exact) mass is 1550 g/mol. The van der Waals surface area contributed by atoms with Gasteiger partial charge in [0.15, 0.2) is 12.2 Å². The fraction of sp³-hybridized carbons (Fsp3) is 0.954. The number of carbonyl (C=O) groups is 4. The van der Waals surface area contributed by atoms with E-state index in [1.165, 1.54) is 276 Å². The molecule has 3 N–H and O–H groups in total. The Kier molecular flexibility index (Phi) is 76.9. The highest BCUT2D eigenvalue weighted by Crippen LogP contribution is 2.45. The highest BCUT2D eigenvalue weighted by Gasteiger charge is 2.30. The molecule has 0 radical (unpaired) electrons. The molecule has 19 heteroatoms. The lowest BCUT2D eigenvalue weighted by molar-refractivity contribution is -0.161. The molecule has 630 valence electrons. The van der Waals surface area contributed by atoms with E-state index in [0.717, 1.165) is 102 Å². The van der Waals surface area contributed by atoms with Crippen LogP contribution in [0.4, 0.5) is 0 Å². The van der Waals surface area contributed by atoms with Crippen molar-refractivity contribution in [2.75, 3.05) is 39.6 Å². The summed E-state index contributed by atoms with van der Waals surface area (Å²) in [6.07, 6.45) is 71.0. The van der Waals surface area contributed by atoms with E-state index in [1.54, 1.807) is 0 Å². The number of phosphoric acid groups is 2. The molecule has 5 atom stereocenters. The van der Waals surface area contributed by atoms with Crippen molar-refractivity contribution < 1.29 is 80.2 Å². The van der Waals surface area contributed by atoms with Gasteiger partial charge in [-0.25, -0.2) is 9.13 Å². The Balaban J connectivity index is 5.22. The van der Waals surface area contributed by atoms with Gasteiger partial charge in [-0.15, -0.1) is 0 Å². The van der Waals surface area contributed by atoms with Gasteiger partial charge in [-0.1, -0.05) is 414 Å². The summed E-state index contributed by atoms with van der Waals surface area (Å²) >= 11 is 0. The van der Waals surface area contributed by atoms with E-state index in [2.05, 4.69) is 41.5 Å². The Morgan fingerprint density at radius 2 is 0.434 bits per heavy atom. The first-order chi connectivity index (χ1) is 51.4. The van der Waals surface area contributed by atoms with Gasteiger partial charge >= 0.3 is 39.5 Å². The van der Waals surface area contributed by atoms with Gasteiger partial charge in [-0.05, 0) is 37.5 Å². The first-order valence-electron chi connectivity index (χ1n) is 45.0. The van der Waals surface area contributed by atoms with Crippen LogP contribution in [-0.2, 0) is 65.4 Å². The minimum Gasteiger partial charge on any atom is -0.462 e. The molecule has 0 bridgehead atoms. The Hall–Kier alpha value is -1.94. The van der Waals surface area contributed by atoms with Crippen LogP contribution < -0.4 is 0 Å². The largest absolute Gasteiger partial charge is 0.472 e. The number of unbranched alkanes of at least 4 members (excludes halogenated alkanes) is 56. The third kappa shape index (κ3) is 80.1. The number of rotatable bonds is 86. The maximum Gasteiger partial charge on any atom is 0.472 e. The predicted octanol–water partition coefficient (Wildman–Crippen LogP) is 26.6. The van der Waals surface area contributed by atoms with Crippen molar-refractivity contribution in [2.24, 2.45) is 11.8 Å². The van der Waals surface area contributed by atoms with E-state index < -0.39 is 97.5 Å². The minimum absolute atomic E-state index is 0.108. The van der Waals surface area contributed by atoms with E-state index in [1.807, 2.05) is 0 Å². The number of aliphatic hydroxyl groups excluding tert-OH is 1. The maximum absolute atomic E-state index is 13.2. The molecule has 0 aromatic heterocycles. The normalized spacial score (nSPS) is 13.8. The Morgan fingerprint density at radius 1 is 0.255 bits per heavy atom. The summed E-state index contributed by atoms with van der Waals surface area (Å²) in [5.74, 6) is -0.591. The summed E-state index contributed by atoms with van der Waals surface area (Å²) in [6.45, 7) is 9.65. The minimum atomic E-state index is -4.97. The molecule has 0 spiro atoms. The summed E-state index contributed by atoms with van der Waals surface area (Å²) < 4.78 is 68.9. The lowest BCUT2D eigenvalue weighted by Crippen LogP contribution is -2.30. The van der Waals surface area contributed by atoms with Crippen LogP contribution in [0, 0.1) is 11.8 Å². The molecule has 0 aromatic rings. The zero-order valence-electron chi connectivity index (χ0n) is 69.7. The zero-order valence-corrected chi connectivity index (χ0v) is 71.5. The average molecular weight is 1550 g/mol. The number of carbonyl (C=O) groups excluding carboxylic acids is 4. The summed E-state index contributed by atoms with van der Waals surface area (Å²) in [6, 6.07) is 0. The van der Waals surface area contributed by atoms with Gasteiger partial charge in [0.1, 0.15) is 19.3 Å². The molecule has 0 saturated carbocycles. The molecular weight excluding hydrogens is 1380 g/mol. The highest BCUT2D eigenvalue weighted by atomic mass is 31.2. The van der Waals surface area contributed by atoms with Crippen LogP contribution in [0.15, 0.2) is 0 Å². The van der Waals surface area contributed by atoms with Crippen molar-refractivity contribution in [2.45, 2.75) is 484 Å². The fourth-order valence-corrected chi connectivity index (χ4v) is 15.2. The van der Waals surface area contributed by atoms with E-state index >= 15 is 0 Å². The van der Waals surface area contributed by atoms with Gasteiger partial charge < -0.3 is 33.8 Å². The number of phosphoric ester groups is 2. The maximum atomic E-state index is 13.2. The molecule has 0 aliphatic carbocycles. The van der Waals surface area contributed by atoms with Crippen LogP contribution >= 0.6 is 15.6 Å². The third-order valence-electron chi connectivity index (χ3n) is 20.5. The smallest absolute Gasteiger partial charge is 0.462 e. The Bertz CT molecular complexity index is 2030. The first-order valence-corrected chi connectivity index (χ1v) is 48.0. The van der Waals surface area contributed by atoms with Crippen molar-refractivity contribution in [3.05, 3.63) is 0 Å². The summed E-state index contributed by atoms with van der Waals surface area (Å²) in [5, 5.41) is 10.7. The van der Waals surface area contributed by atoms with Crippen molar-refractivity contribution in [3.63, 3.8) is 0 Å². The Labute approximate surface area is 651 Å². The summed E-state index contributed by atoms with van der Waals surface area (Å²) in [4.78, 5) is 73.2. The zero-order chi connectivity index (χ0) is 77.8. The average Bonchev–Trinajstić information content (AvgIpc) is 0.901. The molecule has 0 aliphatic rings. The standard InChI is InChI=1S/C87H170O17P2/c1-7-9-11-13-15-17-19-21-23-25-26-27-28-30-34-39-43-47-53-60-66-71-86(91)103-82(75-97-84(89)69-63-57-51-45-41-37-35-31-32-36-40-44-49-55-61-67-79(3)4)77-101-105(93,94)99-73-81(88)74-100-106(95,96)102-78-83(76-98-85(90)70-64-58-54-48-50-56-62-68-80(5)6)104-87(92)72-65-59-52-46-42-38-33-29-24-22-20-18-16-14-12-10-8-2/h79-83,88H,7-78H2,1-6H3,(H,93,94)(H,95,96)/t81-,82-,83-/m1/s1. The molecule has 17 nitrogen and oxygen atoms in total. The second-order valence-corrected chi connectivity index (χ2v) is 35.1. The van der Waals surface area contributed by atoms with Crippen LogP contribution in [0.25, 0.3) is 0 Å². The van der Waals surface area contributed by atoms with E-state index in [4.69, 9.17) is 37.0 Å². The molecule has 0 fully saturated rings. The van der Waals surface area contributed by atoms with Crippen molar-refractivity contribution in [1.82, 2.24) is 0 Å². The topological polar surface area (TPSA) is 237 Å². The molecule has 0 aliphatic heterocycles. The molecule has 2 unspecified atom stereocenters. The molecule has 0 saturated heterocycles. The van der Waals surface area contributed by atoms with E-state index in [0.29, 0.717) is 31.6 Å². The number of aliphatic hydroxyl groups is 1. The third-order valence-corrected chi connectivity index (χ3v) is 22.4. The van der Waals surface area contributed by atoms with Crippen molar-refractivity contribution in [3.8, 4) is 0 Å². The molecule has 106 heavy (non-hydrogen) atoms. The van der Waals surface area contributed by atoms with Crippen molar-refractivity contribution >= 4 is 39.5 Å². The molecule has 0 amide bonds.